The van der Waals surface area contributed by atoms with E-state index in [-0.39, 0.29) is 41.1 Å². The fraction of sp³-hybridized carbons (Fsp3) is 0.815. The first-order valence-corrected chi connectivity index (χ1v) is 12.9. The number of hydrogen-bond donors (Lipinski definition) is 3. The summed E-state index contributed by atoms with van der Waals surface area (Å²) in [6.07, 6.45) is 2.01. The number of Topliss-reactive ketones (excluding diaryl/α,β-unsaturated/α-hetero) is 3. The third-order valence-electron chi connectivity index (χ3n) is 7.24. The van der Waals surface area contributed by atoms with E-state index >= 15 is 0 Å². The lowest BCUT2D eigenvalue weighted by atomic mass is 9.69. The van der Waals surface area contributed by atoms with Crippen molar-refractivity contribution in [2.45, 2.75) is 93.5 Å². The molecule has 0 aliphatic heterocycles. The number of carbonyl (C=O) groups excluding carboxylic acids is 5. The average Bonchev–Trinajstić information content (AvgIpc) is 2.73. The van der Waals surface area contributed by atoms with Gasteiger partial charge in [0.2, 0.25) is 11.8 Å². The SMILES string of the molecule is CCC(C)(C)NC(=O)C(C)CC(C)(CC(C(C)=O)C(C)C(=O)NCCC[NH+](C)CC(C)=O)C(C)=O. The highest BCUT2D eigenvalue weighted by molar-refractivity contribution is 5.89. The fourth-order valence-corrected chi connectivity index (χ4v) is 4.30. The predicted octanol–water partition coefficient (Wildman–Crippen LogP) is 1.75. The van der Waals surface area contributed by atoms with Crippen LogP contribution < -0.4 is 15.5 Å². The zero-order valence-corrected chi connectivity index (χ0v) is 23.7. The van der Waals surface area contributed by atoms with E-state index in [9.17, 15) is 24.0 Å². The summed E-state index contributed by atoms with van der Waals surface area (Å²) in [4.78, 5) is 63.1. The quantitative estimate of drug-likeness (QED) is 0.266. The van der Waals surface area contributed by atoms with E-state index in [1.165, 1.54) is 13.8 Å². The van der Waals surface area contributed by atoms with Crippen molar-refractivity contribution >= 4 is 29.2 Å². The second kappa shape index (κ2) is 14.5. The van der Waals surface area contributed by atoms with Crippen molar-refractivity contribution in [3.05, 3.63) is 0 Å². The Balaban J connectivity index is 5.24. The van der Waals surface area contributed by atoms with Crippen LogP contribution in [0, 0.1) is 23.2 Å². The van der Waals surface area contributed by atoms with Gasteiger partial charge in [-0.15, -0.1) is 0 Å². The van der Waals surface area contributed by atoms with Crippen LogP contribution in [0.4, 0.5) is 0 Å². The molecular formula is C27H50N3O5+. The number of amides is 2. The van der Waals surface area contributed by atoms with Gasteiger partial charge in [-0.05, 0) is 47.0 Å². The van der Waals surface area contributed by atoms with Crippen LogP contribution in [-0.2, 0) is 24.0 Å². The molecule has 0 saturated carbocycles. The third kappa shape index (κ3) is 11.9. The predicted molar refractivity (Wildman–Crippen MR) is 138 cm³/mol. The van der Waals surface area contributed by atoms with Crippen LogP contribution in [0.3, 0.4) is 0 Å². The molecule has 8 heteroatoms. The number of carbonyl (C=O) groups is 5. The highest BCUT2D eigenvalue weighted by atomic mass is 16.2. The molecule has 5 unspecified atom stereocenters. The van der Waals surface area contributed by atoms with E-state index in [4.69, 9.17) is 0 Å². The Hall–Kier alpha value is -2.09. The highest BCUT2D eigenvalue weighted by Gasteiger charge is 2.40. The number of nitrogens with one attached hydrogen (secondary N) is 3. The number of ketones is 3. The molecular weight excluding hydrogens is 446 g/mol. The van der Waals surface area contributed by atoms with Crippen LogP contribution in [0.5, 0.6) is 0 Å². The van der Waals surface area contributed by atoms with Crippen molar-refractivity contribution in [2.24, 2.45) is 23.2 Å². The molecule has 0 spiro atoms. The van der Waals surface area contributed by atoms with Gasteiger partial charge in [0, 0.05) is 48.6 Å². The molecule has 0 radical (unpaired) electrons. The number of quaternary nitrogens is 1. The minimum Gasteiger partial charge on any atom is -0.356 e. The molecule has 0 aromatic heterocycles. The average molecular weight is 497 g/mol. The van der Waals surface area contributed by atoms with Gasteiger partial charge in [0.05, 0.1) is 13.6 Å². The maximum absolute atomic E-state index is 12.8. The summed E-state index contributed by atoms with van der Waals surface area (Å²) < 4.78 is 0. The van der Waals surface area contributed by atoms with Crippen molar-refractivity contribution in [3.8, 4) is 0 Å². The first-order valence-electron chi connectivity index (χ1n) is 12.9. The normalized spacial score (nSPS) is 16.9. The first kappa shape index (κ1) is 32.9. The Bertz CT molecular complexity index is 764. The van der Waals surface area contributed by atoms with Crippen LogP contribution >= 0.6 is 0 Å². The summed E-state index contributed by atoms with van der Waals surface area (Å²) >= 11 is 0. The van der Waals surface area contributed by atoms with E-state index < -0.39 is 23.2 Å². The number of rotatable bonds is 17. The zero-order chi connectivity index (χ0) is 27.6. The molecule has 0 fully saturated rings. The van der Waals surface area contributed by atoms with Gasteiger partial charge < -0.3 is 15.5 Å². The molecule has 0 aliphatic carbocycles. The van der Waals surface area contributed by atoms with Crippen molar-refractivity contribution in [1.82, 2.24) is 10.6 Å². The summed E-state index contributed by atoms with van der Waals surface area (Å²) in [6, 6.07) is 0. The molecule has 0 aromatic carbocycles. The lowest BCUT2D eigenvalue weighted by Crippen LogP contribution is -3.09. The third-order valence-corrected chi connectivity index (χ3v) is 7.24. The van der Waals surface area contributed by atoms with E-state index in [2.05, 4.69) is 10.6 Å². The molecule has 0 aromatic rings. The Kier molecular flexibility index (Phi) is 13.6. The highest BCUT2D eigenvalue weighted by Crippen LogP contribution is 2.37. The molecule has 0 heterocycles. The van der Waals surface area contributed by atoms with Crippen LogP contribution in [-0.4, -0.2) is 61.4 Å². The lowest BCUT2D eigenvalue weighted by molar-refractivity contribution is -0.871. The fourth-order valence-electron chi connectivity index (χ4n) is 4.30. The largest absolute Gasteiger partial charge is 0.356 e. The maximum atomic E-state index is 12.8. The molecule has 3 N–H and O–H groups in total. The standard InChI is InChI=1S/C27H49N3O5/c1-11-26(7,8)29-24(34)18(2)15-27(9,22(6)33)16-23(21(5)32)20(4)25(35)28-13-12-14-30(10)17-19(3)31/h18,20,23H,11-17H2,1-10H3,(H,28,35)(H,29,34)/p+1. The number of hydrogen-bond acceptors (Lipinski definition) is 5. The van der Waals surface area contributed by atoms with Crippen molar-refractivity contribution in [3.63, 3.8) is 0 Å². The van der Waals surface area contributed by atoms with Crippen molar-refractivity contribution in [2.75, 3.05) is 26.7 Å². The monoisotopic (exact) mass is 496 g/mol. The number of likely N-dealkylation sites (N-methyl/N-ethyl adjacent to an activating group) is 1. The van der Waals surface area contributed by atoms with E-state index in [0.29, 0.717) is 25.9 Å². The van der Waals surface area contributed by atoms with Crippen LogP contribution in [0.25, 0.3) is 0 Å². The molecule has 202 valence electrons. The van der Waals surface area contributed by atoms with Gasteiger partial charge in [-0.25, -0.2) is 0 Å². The van der Waals surface area contributed by atoms with E-state index in [0.717, 1.165) is 17.9 Å². The lowest BCUT2D eigenvalue weighted by Gasteiger charge is -2.35. The van der Waals surface area contributed by atoms with Gasteiger partial charge in [0.25, 0.3) is 0 Å². The molecule has 0 aliphatic rings. The summed E-state index contributed by atoms with van der Waals surface area (Å²) in [5, 5.41) is 5.92. The summed E-state index contributed by atoms with van der Waals surface area (Å²) in [6.45, 7) is 17.4. The molecule has 2 amide bonds. The van der Waals surface area contributed by atoms with Crippen LogP contribution in [0.15, 0.2) is 0 Å². The first-order chi connectivity index (χ1) is 16.0. The van der Waals surface area contributed by atoms with Crippen LogP contribution in [0.1, 0.15) is 88.0 Å². The topological polar surface area (TPSA) is 114 Å². The molecule has 0 rings (SSSR count). The van der Waals surface area contributed by atoms with E-state index in [1.807, 2.05) is 27.8 Å². The van der Waals surface area contributed by atoms with Gasteiger partial charge in [-0.1, -0.05) is 27.7 Å². The summed E-state index contributed by atoms with van der Waals surface area (Å²) in [5.74, 6) is -2.10. The van der Waals surface area contributed by atoms with Crippen molar-refractivity contribution < 1.29 is 28.9 Å². The van der Waals surface area contributed by atoms with Gasteiger partial charge >= 0.3 is 0 Å². The second-order valence-corrected chi connectivity index (χ2v) is 11.4. The zero-order valence-electron chi connectivity index (χ0n) is 23.7. The van der Waals surface area contributed by atoms with Gasteiger partial charge in [0.15, 0.2) is 5.78 Å². The minimum absolute atomic E-state index is 0.0951. The second-order valence-electron chi connectivity index (χ2n) is 11.4. The van der Waals surface area contributed by atoms with E-state index in [1.54, 1.807) is 27.7 Å². The smallest absolute Gasteiger partial charge is 0.223 e. The van der Waals surface area contributed by atoms with Gasteiger partial charge in [-0.2, -0.15) is 0 Å². The maximum Gasteiger partial charge on any atom is 0.223 e. The molecule has 0 bridgehead atoms. The van der Waals surface area contributed by atoms with Gasteiger partial charge in [0.1, 0.15) is 18.1 Å². The Morgan fingerprint density at radius 1 is 0.914 bits per heavy atom. The molecule has 8 nitrogen and oxygen atoms in total. The van der Waals surface area contributed by atoms with Crippen molar-refractivity contribution in [1.29, 1.82) is 0 Å². The molecule has 35 heavy (non-hydrogen) atoms. The summed E-state index contributed by atoms with van der Waals surface area (Å²) in [7, 11) is 1.94. The van der Waals surface area contributed by atoms with Crippen LogP contribution in [0.2, 0.25) is 0 Å². The Labute approximate surface area is 212 Å². The Morgan fingerprint density at radius 3 is 1.94 bits per heavy atom. The minimum atomic E-state index is -0.906. The molecule has 0 saturated heterocycles. The summed E-state index contributed by atoms with van der Waals surface area (Å²) in [5.41, 5.74) is -1.24. The Morgan fingerprint density at radius 2 is 1.49 bits per heavy atom. The molecule has 5 atom stereocenters. The van der Waals surface area contributed by atoms with Gasteiger partial charge in [-0.3, -0.25) is 24.0 Å².